The number of ether oxygens (including phenoxy) is 1. The van der Waals surface area contributed by atoms with Crippen LogP contribution in [0.5, 0.6) is 0 Å². The van der Waals surface area contributed by atoms with Crippen molar-refractivity contribution in [3.63, 3.8) is 0 Å². The standard InChI is InChI=1S/C19H29N3O3/c1-13-4-16(6-20-5-13)19(24)22-10-17(18(11-22)12-23)9-21-7-14(2)25-15(3)8-21/h4-6,14-15,17-18,23H,7-12H2,1-3H3/t14-,15+,17-,18-/m1/s1. The van der Waals surface area contributed by atoms with Gasteiger partial charge in [0, 0.05) is 57.6 Å². The number of aryl methyl sites for hydroxylation is 1. The zero-order valence-electron chi connectivity index (χ0n) is 15.4. The second kappa shape index (κ2) is 7.81. The van der Waals surface area contributed by atoms with Crippen LogP contribution in [0.4, 0.5) is 0 Å². The first-order valence-corrected chi connectivity index (χ1v) is 9.16. The molecule has 6 nitrogen and oxygen atoms in total. The molecule has 138 valence electrons. The van der Waals surface area contributed by atoms with Crippen molar-refractivity contribution in [2.75, 3.05) is 39.3 Å². The van der Waals surface area contributed by atoms with Crippen molar-refractivity contribution < 1.29 is 14.6 Å². The lowest BCUT2D eigenvalue weighted by Gasteiger charge is -2.37. The summed E-state index contributed by atoms with van der Waals surface area (Å²) in [4.78, 5) is 21.2. The highest BCUT2D eigenvalue weighted by atomic mass is 16.5. The van der Waals surface area contributed by atoms with Crippen molar-refractivity contribution in [3.05, 3.63) is 29.6 Å². The zero-order chi connectivity index (χ0) is 18.0. The zero-order valence-corrected chi connectivity index (χ0v) is 15.4. The molecule has 0 spiro atoms. The van der Waals surface area contributed by atoms with E-state index >= 15 is 0 Å². The Hall–Kier alpha value is -1.50. The van der Waals surface area contributed by atoms with Gasteiger partial charge in [0.15, 0.2) is 0 Å². The number of pyridine rings is 1. The first kappa shape index (κ1) is 18.3. The third-order valence-electron chi connectivity index (χ3n) is 5.21. The van der Waals surface area contributed by atoms with Crippen LogP contribution in [0.3, 0.4) is 0 Å². The molecular weight excluding hydrogens is 318 g/mol. The fourth-order valence-corrected chi connectivity index (χ4v) is 4.14. The highest BCUT2D eigenvalue weighted by Gasteiger charge is 2.37. The van der Waals surface area contributed by atoms with Gasteiger partial charge in [-0.25, -0.2) is 0 Å². The molecule has 6 heteroatoms. The van der Waals surface area contributed by atoms with Gasteiger partial charge in [-0.1, -0.05) is 0 Å². The average molecular weight is 347 g/mol. The van der Waals surface area contributed by atoms with Gasteiger partial charge in [0.2, 0.25) is 0 Å². The average Bonchev–Trinajstić information content (AvgIpc) is 2.96. The molecule has 1 N–H and O–H groups in total. The summed E-state index contributed by atoms with van der Waals surface area (Å²) in [5.41, 5.74) is 1.61. The van der Waals surface area contributed by atoms with Gasteiger partial charge in [-0.3, -0.25) is 14.7 Å². The fraction of sp³-hybridized carbons (Fsp3) is 0.684. The minimum atomic E-state index is 0.0147. The Morgan fingerprint density at radius 1 is 1.20 bits per heavy atom. The normalized spacial score (nSPS) is 30.6. The first-order chi connectivity index (χ1) is 12.0. The number of carbonyl (C=O) groups excluding carboxylic acids is 1. The number of nitrogens with zero attached hydrogens (tertiary/aromatic N) is 3. The molecule has 1 aromatic rings. The Balaban J connectivity index is 1.65. The summed E-state index contributed by atoms with van der Waals surface area (Å²) < 4.78 is 5.80. The molecule has 3 rings (SSSR count). The molecule has 3 heterocycles. The van der Waals surface area contributed by atoms with E-state index in [2.05, 4.69) is 23.7 Å². The van der Waals surface area contributed by atoms with Crippen LogP contribution in [-0.2, 0) is 4.74 Å². The minimum absolute atomic E-state index is 0.0147. The maximum atomic E-state index is 12.8. The van der Waals surface area contributed by atoms with E-state index in [1.54, 1.807) is 12.4 Å². The van der Waals surface area contributed by atoms with Gasteiger partial charge < -0.3 is 14.7 Å². The Morgan fingerprint density at radius 3 is 2.52 bits per heavy atom. The lowest BCUT2D eigenvalue weighted by molar-refractivity contribution is -0.0726. The number of aliphatic hydroxyl groups excluding tert-OH is 1. The van der Waals surface area contributed by atoms with Crippen LogP contribution in [0.1, 0.15) is 29.8 Å². The van der Waals surface area contributed by atoms with Crippen LogP contribution in [0.25, 0.3) is 0 Å². The lowest BCUT2D eigenvalue weighted by Crippen LogP contribution is -2.48. The first-order valence-electron chi connectivity index (χ1n) is 9.16. The van der Waals surface area contributed by atoms with Gasteiger partial charge in [0.05, 0.1) is 17.8 Å². The van der Waals surface area contributed by atoms with Crippen LogP contribution in [0, 0.1) is 18.8 Å². The van der Waals surface area contributed by atoms with E-state index in [4.69, 9.17) is 4.74 Å². The number of carbonyl (C=O) groups is 1. The molecular formula is C19H29N3O3. The van der Waals surface area contributed by atoms with Crippen LogP contribution in [-0.4, -0.2) is 77.3 Å². The summed E-state index contributed by atoms with van der Waals surface area (Å²) in [5.74, 6) is 0.445. The van der Waals surface area contributed by atoms with Gasteiger partial charge in [0.1, 0.15) is 0 Å². The fourth-order valence-electron chi connectivity index (χ4n) is 4.14. The van der Waals surface area contributed by atoms with E-state index in [1.807, 2.05) is 17.9 Å². The maximum Gasteiger partial charge on any atom is 0.255 e. The predicted octanol–water partition coefficient (Wildman–Crippen LogP) is 1.18. The summed E-state index contributed by atoms with van der Waals surface area (Å²) in [6.07, 6.45) is 3.84. The van der Waals surface area contributed by atoms with Gasteiger partial charge in [0.25, 0.3) is 5.91 Å². The number of amides is 1. The SMILES string of the molecule is Cc1cncc(C(=O)N2C[C@@H](CN3C[C@@H](C)O[C@@H](C)C3)[C@@H](CO)C2)c1. The molecule has 0 aliphatic carbocycles. The largest absolute Gasteiger partial charge is 0.396 e. The quantitative estimate of drug-likeness (QED) is 0.886. The van der Waals surface area contributed by atoms with Crippen molar-refractivity contribution in [2.24, 2.45) is 11.8 Å². The highest BCUT2D eigenvalue weighted by Crippen LogP contribution is 2.26. The Bertz CT molecular complexity index is 599. The Labute approximate surface area is 149 Å². The minimum Gasteiger partial charge on any atom is -0.396 e. The summed E-state index contributed by atoms with van der Waals surface area (Å²) in [7, 11) is 0. The second-order valence-corrected chi connectivity index (χ2v) is 7.64. The molecule has 2 aliphatic rings. The van der Waals surface area contributed by atoms with E-state index in [1.165, 1.54) is 0 Å². The number of hydrogen-bond donors (Lipinski definition) is 1. The molecule has 4 atom stereocenters. The molecule has 0 unspecified atom stereocenters. The Kier molecular flexibility index (Phi) is 5.71. The predicted molar refractivity (Wildman–Crippen MR) is 95.4 cm³/mol. The third kappa shape index (κ3) is 4.37. The summed E-state index contributed by atoms with van der Waals surface area (Å²) in [6, 6.07) is 1.88. The van der Waals surface area contributed by atoms with Gasteiger partial charge in [-0.15, -0.1) is 0 Å². The summed E-state index contributed by atoms with van der Waals surface area (Å²) >= 11 is 0. The molecule has 25 heavy (non-hydrogen) atoms. The molecule has 0 saturated carbocycles. The van der Waals surface area contributed by atoms with Crippen LogP contribution >= 0.6 is 0 Å². The molecule has 0 radical (unpaired) electrons. The smallest absolute Gasteiger partial charge is 0.255 e. The number of morpholine rings is 1. The molecule has 1 aromatic heterocycles. The van der Waals surface area contributed by atoms with Crippen molar-refractivity contribution in [1.82, 2.24) is 14.8 Å². The number of hydrogen-bond acceptors (Lipinski definition) is 5. The van der Waals surface area contributed by atoms with Crippen LogP contribution in [0.2, 0.25) is 0 Å². The molecule has 2 saturated heterocycles. The van der Waals surface area contributed by atoms with Crippen molar-refractivity contribution >= 4 is 5.91 Å². The number of aliphatic hydroxyl groups is 1. The van der Waals surface area contributed by atoms with E-state index in [9.17, 15) is 9.90 Å². The van der Waals surface area contributed by atoms with Crippen molar-refractivity contribution in [1.29, 1.82) is 0 Å². The van der Waals surface area contributed by atoms with Gasteiger partial charge in [-0.05, 0) is 38.3 Å². The van der Waals surface area contributed by atoms with Crippen LogP contribution < -0.4 is 0 Å². The van der Waals surface area contributed by atoms with Gasteiger partial charge >= 0.3 is 0 Å². The molecule has 0 aromatic carbocycles. The number of aromatic nitrogens is 1. The Morgan fingerprint density at radius 2 is 1.88 bits per heavy atom. The van der Waals surface area contributed by atoms with Crippen molar-refractivity contribution in [2.45, 2.75) is 33.0 Å². The highest BCUT2D eigenvalue weighted by molar-refractivity contribution is 5.94. The number of likely N-dealkylation sites (tertiary alicyclic amines) is 1. The molecule has 2 aliphatic heterocycles. The summed E-state index contributed by atoms with van der Waals surface area (Å²) in [5, 5.41) is 9.79. The topological polar surface area (TPSA) is 65.9 Å². The van der Waals surface area contributed by atoms with E-state index in [0.29, 0.717) is 24.6 Å². The monoisotopic (exact) mass is 347 g/mol. The van der Waals surface area contributed by atoms with E-state index in [0.717, 1.165) is 25.2 Å². The molecule has 0 bridgehead atoms. The number of rotatable bonds is 4. The molecule has 2 fully saturated rings. The second-order valence-electron chi connectivity index (χ2n) is 7.64. The van der Waals surface area contributed by atoms with E-state index < -0.39 is 0 Å². The summed E-state index contributed by atoms with van der Waals surface area (Å²) in [6.45, 7) is 10.3. The lowest BCUT2D eigenvalue weighted by atomic mass is 9.96. The van der Waals surface area contributed by atoms with E-state index in [-0.39, 0.29) is 30.6 Å². The van der Waals surface area contributed by atoms with Crippen molar-refractivity contribution in [3.8, 4) is 0 Å². The maximum absolute atomic E-state index is 12.8. The van der Waals surface area contributed by atoms with Crippen LogP contribution in [0.15, 0.2) is 18.5 Å². The van der Waals surface area contributed by atoms with Gasteiger partial charge in [-0.2, -0.15) is 0 Å². The molecule has 1 amide bonds. The third-order valence-corrected chi connectivity index (χ3v) is 5.21.